The molecule has 1 saturated heterocycles. The molecule has 0 bridgehead atoms. The Morgan fingerprint density at radius 3 is 2.43 bits per heavy atom. The van der Waals surface area contributed by atoms with Crippen LogP contribution in [0.15, 0.2) is 66.8 Å². The minimum atomic E-state index is -0.704. The molecule has 2 aliphatic rings. The van der Waals surface area contributed by atoms with Crippen LogP contribution >= 0.6 is 0 Å². The fourth-order valence-corrected chi connectivity index (χ4v) is 4.81. The van der Waals surface area contributed by atoms with Gasteiger partial charge in [-0.25, -0.2) is 4.98 Å². The summed E-state index contributed by atoms with van der Waals surface area (Å²) < 4.78 is 13.2. The second-order valence-corrected chi connectivity index (χ2v) is 10.4. The van der Waals surface area contributed by atoms with Gasteiger partial charge in [-0.2, -0.15) is 0 Å². The standard InChI is InChI=1S/C29H31N3O5/c1-29(2,3)21-8-5-19(6-9-21)25-24(26(33)20-7-10-22-23(17-20)37-16-15-36-22)27(34)28(35)32(25)13-4-12-31-14-11-30-18-31/h5-11,14,17-18,25,33H,4,12-13,15-16H2,1-3H3/b26-24+. The number of amides is 1. The monoisotopic (exact) mass is 501 g/mol. The number of aliphatic hydroxyl groups excluding tert-OH is 1. The highest BCUT2D eigenvalue weighted by Crippen LogP contribution is 2.41. The molecular weight excluding hydrogens is 470 g/mol. The predicted octanol–water partition coefficient (Wildman–Crippen LogP) is 4.46. The van der Waals surface area contributed by atoms with Crippen LogP contribution in [0.4, 0.5) is 0 Å². The van der Waals surface area contributed by atoms with E-state index in [2.05, 4.69) is 25.8 Å². The maximum atomic E-state index is 13.3. The van der Waals surface area contributed by atoms with E-state index in [1.165, 1.54) is 0 Å². The number of nitrogens with zero attached hydrogens (tertiary/aromatic N) is 3. The molecule has 3 aromatic rings. The predicted molar refractivity (Wildman–Crippen MR) is 138 cm³/mol. The number of carbonyl (C=O) groups is 2. The van der Waals surface area contributed by atoms with Crippen molar-refractivity contribution in [2.24, 2.45) is 0 Å². The Labute approximate surface area is 216 Å². The average Bonchev–Trinajstić information content (AvgIpc) is 3.50. The summed E-state index contributed by atoms with van der Waals surface area (Å²) in [5.41, 5.74) is 2.34. The zero-order valence-electron chi connectivity index (χ0n) is 21.3. The second kappa shape index (κ2) is 9.76. The van der Waals surface area contributed by atoms with E-state index < -0.39 is 17.7 Å². The van der Waals surface area contributed by atoms with Crippen LogP contribution in [0.5, 0.6) is 11.5 Å². The molecule has 1 aromatic heterocycles. The third-order valence-corrected chi connectivity index (χ3v) is 6.82. The largest absolute Gasteiger partial charge is 0.507 e. The molecule has 8 nitrogen and oxygen atoms in total. The van der Waals surface area contributed by atoms with Crippen molar-refractivity contribution in [3.8, 4) is 11.5 Å². The third kappa shape index (κ3) is 4.83. The van der Waals surface area contributed by atoms with Crippen LogP contribution in [0.25, 0.3) is 5.76 Å². The molecule has 0 radical (unpaired) electrons. The van der Waals surface area contributed by atoms with Crippen LogP contribution in [0, 0.1) is 0 Å². The molecule has 3 heterocycles. The molecule has 1 amide bonds. The van der Waals surface area contributed by atoms with Gasteiger partial charge in [-0.15, -0.1) is 0 Å². The highest BCUT2D eigenvalue weighted by atomic mass is 16.6. The van der Waals surface area contributed by atoms with Crippen LogP contribution in [-0.4, -0.2) is 51.0 Å². The highest BCUT2D eigenvalue weighted by Gasteiger charge is 2.46. The summed E-state index contributed by atoms with van der Waals surface area (Å²) in [6.45, 7) is 8.25. The molecule has 37 heavy (non-hydrogen) atoms. The number of rotatable bonds is 6. The normalized spacial score (nSPS) is 18.9. The summed E-state index contributed by atoms with van der Waals surface area (Å²) in [6.07, 6.45) is 5.91. The van der Waals surface area contributed by atoms with E-state index in [9.17, 15) is 14.7 Å². The van der Waals surface area contributed by atoms with Gasteiger partial charge in [0, 0.05) is 31.0 Å². The van der Waals surface area contributed by atoms with Crippen LogP contribution in [0.2, 0.25) is 0 Å². The van der Waals surface area contributed by atoms with E-state index in [0.29, 0.717) is 49.8 Å². The number of hydrogen-bond donors (Lipinski definition) is 1. The molecule has 192 valence electrons. The van der Waals surface area contributed by atoms with Crippen LogP contribution in [0.3, 0.4) is 0 Å². The minimum absolute atomic E-state index is 0.0453. The number of aliphatic hydroxyl groups is 1. The zero-order valence-corrected chi connectivity index (χ0v) is 21.3. The molecule has 2 aromatic carbocycles. The zero-order chi connectivity index (χ0) is 26.2. The molecule has 1 N–H and O–H groups in total. The van der Waals surface area contributed by atoms with Gasteiger partial charge in [0.05, 0.1) is 17.9 Å². The Morgan fingerprint density at radius 1 is 1.03 bits per heavy atom. The van der Waals surface area contributed by atoms with Crippen molar-refractivity contribution in [2.45, 2.75) is 45.2 Å². The Hall–Kier alpha value is -4.07. The summed E-state index contributed by atoms with van der Waals surface area (Å²) >= 11 is 0. The first kappa shape index (κ1) is 24.6. The second-order valence-electron chi connectivity index (χ2n) is 10.4. The first-order chi connectivity index (χ1) is 17.7. The summed E-state index contributed by atoms with van der Waals surface area (Å²) in [7, 11) is 0. The van der Waals surface area contributed by atoms with E-state index in [0.717, 1.165) is 11.1 Å². The molecule has 0 aliphatic carbocycles. The number of Topliss-reactive ketones (excluding diaryl/α,β-unsaturated/α-hetero) is 1. The van der Waals surface area contributed by atoms with Crippen molar-refractivity contribution in [3.05, 3.63) is 83.4 Å². The lowest BCUT2D eigenvalue weighted by molar-refractivity contribution is -0.139. The van der Waals surface area contributed by atoms with E-state index in [1.807, 2.05) is 35.0 Å². The van der Waals surface area contributed by atoms with Gasteiger partial charge in [0.25, 0.3) is 11.7 Å². The number of imidazole rings is 1. The molecule has 2 aliphatic heterocycles. The Bertz CT molecular complexity index is 1340. The van der Waals surface area contributed by atoms with Gasteiger partial charge >= 0.3 is 0 Å². The number of ether oxygens (including phenoxy) is 2. The lowest BCUT2D eigenvalue weighted by atomic mass is 9.85. The number of carbonyl (C=O) groups excluding carboxylic acids is 2. The SMILES string of the molecule is CC(C)(C)c1ccc(C2/C(=C(\O)c3ccc4c(c3)OCCO4)C(=O)C(=O)N2CCCn2ccnc2)cc1. The number of hydrogen-bond acceptors (Lipinski definition) is 6. The van der Waals surface area contributed by atoms with Crippen molar-refractivity contribution in [3.63, 3.8) is 0 Å². The van der Waals surface area contributed by atoms with Gasteiger partial charge in [-0.3, -0.25) is 9.59 Å². The molecule has 1 fully saturated rings. The number of benzene rings is 2. The Balaban J connectivity index is 1.54. The van der Waals surface area contributed by atoms with Crippen molar-refractivity contribution in [1.82, 2.24) is 14.5 Å². The average molecular weight is 502 g/mol. The van der Waals surface area contributed by atoms with Crippen LogP contribution < -0.4 is 9.47 Å². The van der Waals surface area contributed by atoms with E-state index in [-0.39, 0.29) is 16.7 Å². The number of ketones is 1. The molecule has 8 heteroatoms. The summed E-state index contributed by atoms with van der Waals surface area (Å²) in [5, 5.41) is 11.4. The first-order valence-corrected chi connectivity index (χ1v) is 12.5. The fourth-order valence-electron chi connectivity index (χ4n) is 4.81. The molecule has 5 rings (SSSR count). The summed E-state index contributed by atoms with van der Waals surface area (Å²) in [5.74, 6) is -0.458. The molecule has 0 spiro atoms. The van der Waals surface area contributed by atoms with Gasteiger partial charge in [0.15, 0.2) is 11.5 Å². The molecule has 1 unspecified atom stereocenters. The smallest absolute Gasteiger partial charge is 0.295 e. The summed E-state index contributed by atoms with van der Waals surface area (Å²) in [4.78, 5) is 32.2. The van der Waals surface area contributed by atoms with Crippen molar-refractivity contribution >= 4 is 17.4 Å². The van der Waals surface area contributed by atoms with Gasteiger partial charge in [0.2, 0.25) is 0 Å². The van der Waals surface area contributed by atoms with E-state index in [4.69, 9.17) is 9.47 Å². The number of fused-ring (bicyclic) bond motifs is 1. The van der Waals surface area contributed by atoms with Crippen LogP contribution in [0.1, 0.15) is 49.9 Å². The lowest BCUT2D eigenvalue weighted by Crippen LogP contribution is -2.31. The molecule has 1 atom stereocenters. The van der Waals surface area contributed by atoms with Crippen molar-refractivity contribution in [2.75, 3.05) is 19.8 Å². The highest BCUT2D eigenvalue weighted by molar-refractivity contribution is 6.46. The van der Waals surface area contributed by atoms with Crippen molar-refractivity contribution < 1.29 is 24.2 Å². The quantitative estimate of drug-likeness (QED) is 0.304. The van der Waals surface area contributed by atoms with Gasteiger partial charge in [0.1, 0.15) is 19.0 Å². The topological polar surface area (TPSA) is 93.9 Å². The number of aryl methyl sites for hydroxylation is 1. The van der Waals surface area contributed by atoms with Crippen molar-refractivity contribution in [1.29, 1.82) is 0 Å². The third-order valence-electron chi connectivity index (χ3n) is 6.82. The molecule has 0 saturated carbocycles. The first-order valence-electron chi connectivity index (χ1n) is 12.5. The lowest BCUT2D eigenvalue weighted by Gasteiger charge is -2.26. The number of aromatic nitrogens is 2. The maximum absolute atomic E-state index is 13.3. The van der Waals surface area contributed by atoms with Gasteiger partial charge in [-0.1, -0.05) is 45.0 Å². The van der Waals surface area contributed by atoms with Gasteiger partial charge in [-0.05, 0) is 41.2 Å². The van der Waals surface area contributed by atoms with Gasteiger partial charge < -0.3 is 24.0 Å². The summed E-state index contributed by atoms with van der Waals surface area (Å²) in [6, 6.07) is 12.2. The van der Waals surface area contributed by atoms with E-state index >= 15 is 0 Å². The molecular formula is C29H31N3O5. The maximum Gasteiger partial charge on any atom is 0.295 e. The Morgan fingerprint density at radius 2 is 1.76 bits per heavy atom. The number of likely N-dealkylation sites (tertiary alicyclic amines) is 1. The minimum Gasteiger partial charge on any atom is -0.507 e. The van der Waals surface area contributed by atoms with E-state index in [1.54, 1.807) is 35.6 Å². The fraction of sp³-hybridized carbons (Fsp3) is 0.345. The van der Waals surface area contributed by atoms with Crippen LogP contribution in [-0.2, 0) is 21.5 Å². The Kier molecular flexibility index (Phi) is 6.50.